The zero-order valence-corrected chi connectivity index (χ0v) is 15.4. The molecule has 1 aromatic carbocycles. The van der Waals surface area contributed by atoms with Gasteiger partial charge in [0.25, 0.3) is 0 Å². The standard InChI is InChI=1S/C18H25ClN4O3/c19-16-9-13(3-4-15(16)17(20)25)21-18(26)23-7-6-22(10-12-1-2-12)14(11-23)5-8-24/h3-4,9,12,14,24H,1-2,5-8,10-11H2,(H2,20,25)(H,21,26). The zero-order valence-electron chi connectivity index (χ0n) is 14.7. The van der Waals surface area contributed by atoms with E-state index in [0.717, 1.165) is 19.0 Å². The molecule has 1 unspecified atom stereocenters. The minimum absolute atomic E-state index is 0.117. The van der Waals surface area contributed by atoms with E-state index in [1.807, 2.05) is 0 Å². The molecule has 8 heteroatoms. The van der Waals surface area contributed by atoms with Crippen LogP contribution in [0.1, 0.15) is 29.6 Å². The largest absolute Gasteiger partial charge is 0.396 e. The summed E-state index contributed by atoms with van der Waals surface area (Å²) in [6, 6.07) is 4.61. The van der Waals surface area contributed by atoms with Crippen molar-refractivity contribution in [2.45, 2.75) is 25.3 Å². The molecule has 1 saturated heterocycles. The monoisotopic (exact) mass is 380 g/mol. The van der Waals surface area contributed by atoms with Crippen LogP contribution < -0.4 is 11.1 Å². The lowest BCUT2D eigenvalue weighted by molar-refractivity contribution is 0.0739. The summed E-state index contributed by atoms with van der Waals surface area (Å²) in [5.41, 5.74) is 5.98. The molecule has 3 amide bonds. The first-order valence-electron chi connectivity index (χ1n) is 8.98. The Labute approximate surface area is 158 Å². The van der Waals surface area contributed by atoms with Crippen molar-refractivity contribution in [3.63, 3.8) is 0 Å². The number of amides is 3. The number of halogens is 1. The normalized spacial score (nSPS) is 20.8. The second kappa shape index (κ2) is 8.24. The maximum Gasteiger partial charge on any atom is 0.321 e. The van der Waals surface area contributed by atoms with Gasteiger partial charge in [0.2, 0.25) is 5.91 Å². The number of hydrogen-bond donors (Lipinski definition) is 3. The van der Waals surface area contributed by atoms with E-state index in [9.17, 15) is 14.7 Å². The fourth-order valence-electron chi connectivity index (χ4n) is 3.37. The van der Waals surface area contributed by atoms with Gasteiger partial charge in [0.1, 0.15) is 0 Å². The molecule has 1 aliphatic heterocycles. The SMILES string of the molecule is NC(=O)c1ccc(NC(=O)N2CCN(CC3CC3)C(CCO)C2)cc1Cl. The van der Waals surface area contributed by atoms with E-state index in [1.165, 1.54) is 25.0 Å². The topological polar surface area (TPSA) is 98.9 Å². The molecule has 1 aromatic rings. The summed E-state index contributed by atoms with van der Waals surface area (Å²) in [6.45, 7) is 3.23. The third-order valence-corrected chi connectivity index (χ3v) is 5.34. The Bertz CT molecular complexity index is 680. The fourth-order valence-corrected chi connectivity index (χ4v) is 3.64. The molecule has 26 heavy (non-hydrogen) atoms. The summed E-state index contributed by atoms with van der Waals surface area (Å²) in [5.74, 6) is 0.175. The predicted octanol–water partition coefficient (Wildman–Crippen LogP) is 1.75. The molecular formula is C18H25ClN4O3. The van der Waals surface area contributed by atoms with E-state index in [2.05, 4.69) is 10.2 Å². The lowest BCUT2D eigenvalue weighted by atomic mass is 10.1. The Kier molecular flexibility index (Phi) is 6.01. The smallest absolute Gasteiger partial charge is 0.321 e. The first-order chi connectivity index (χ1) is 12.5. The number of carbonyl (C=O) groups excluding carboxylic acids is 2. The van der Waals surface area contributed by atoms with E-state index in [4.69, 9.17) is 17.3 Å². The summed E-state index contributed by atoms with van der Waals surface area (Å²) in [6.07, 6.45) is 3.23. The van der Waals surface area contributed by atoms with Crippen LogP contribution in [0.3, 0.4) is 0 Å². The van der Waals surface area contributed by atoms with Gasteiger partial charge in [0.05, 0.1) is 10.6 Å². The molecule has 142 valence electrons. The Morgan fingerprint density at radius 2 is 2.08 bits per heavy atom. The van der Waals surface area contributed by atoms with Crippen LogP contribution in [0.2, 0.25) is 5.02 Å². The van der Waals surface area contributed by atoms with E-state index in [-0.39, 0.29) is 29.3 Å². The highest BCUT2D eigenvalue weighted by atomic mass is 35.5. The average molecular weight is 381 g/mol. The molecule has 1 aliphatic carbocycles. The number of aliphatic hydroxyl groups excluding tert-OH is 1. The number of benzene rings is 1. The van der Waals surface area contributed by atoms with Gasteiger partial charge in [0.15, 0.2) is 0 Å². The Morgan fingerprint density at radius 3 is 2.69 bits per heavy atom. The van der Waals surface area contributed by atoms with Gasteiger partial charge in [0, 0.05) is 44.5 Å². The van der Waals surface area contributed by atoms with Gasteiger partial charge < -0.3 is 21.1 Å². The Hall–Kier alpha value is -1.83. The van der Waals surface area contributed by atoms with Crippen molar-refractivity contribution in [2.24, 2.45) is 11.7 Å². The molecule has 4 N–H and O–H groups in total. The molecule has 7 nitrogen and oxygen atoms in total. The minimum Gasteiger partial charge on any atom is -0.396 e. The number of nitrogens with two attached hydrogens (primary N) is 1. The fraction of sp³-hybridized carbons (Fsp3) is 0.556. The summed E-state index contributed by atoms with van der Waals surface area (Å²) in [4.78, 5) is 28.0. The molecule has 2 fully saturated rings. The van der Waals surface area contributed by atoms with Gasteiger partial charge in [-0.3, -0.25) is 9.69 Å². The van der Waals surface area contributed by atoms with Gasteiger partial charge in [-0.2, -0.15) is 0 Å². The second-order valence-electron chi connectivity index (χ2n) is 7.04. The summed E-state index contributed by atoms with van der Waals surface area (Å²) >= 11 is 6.03. The Balaban J connectivity index is 1.60. The van der Waals surface area contributed by atoms with Gasteiger partial charge in [-0.15, -0.1) is 0 Å². The molecule has 1 saturated carbocycles. The number of aliphatic hydroxyl groups is 1. The van der Waals surface area contributed by atoms with Crippen LogP contribution in [0.5, 0.6) is 0 Å². The van der Waals surface area contributed by atoms with Crippen molar-refractivity contribution in [3.05, 3.63) is 28.8 Å². The summed E-state index contributed by atoms with van der Waals surface area (Å²) in [7, 11) is 0. The summed E-state index contributed by atoms with van der Waals surface area (Å²) in [5, 5.41) is 12.4. The van der Waals surface area contributed by atoms with Crippen molar-refractivity contribution >= 4 is 29.2 Å². The highest BCUT2D eigenvalue weighted by Gasteiger charge is 2.33. The molecule has 1 heterocycles. The average Bonchev–Trinajstić information content (AvgIpc) is 3.40. The van der Waals surface area contributed by atoms with Crippen LogP contribution in [0.15, 0.2) is 18.2 Å². The molecule has 0 spiro atoms. The number of anilines is 1. The number of carbonyl (C=O) groups is 2. The zero-order chi connectivity index (χ0) is 18.7. The van der Waals surface area contributed by atoms with Crippen molar-refractivity contribution in [1.82, 2.24) is 9.80 Å². The maximum atomic E-state index is 12.6. The van der Waals surface area contributed by atoms with E-state index >= 15 is 0 Å². The minimum atomic E-state index is -0.605. The van der Waals surface area contributed by atoms with Crippen molar-refractivity contribution in [2.75, 3.05) is 38.1 Å². The molecule has 2 aliphatic rings. The molecule has 1 atom stereocenters. The van der Waals surface area contributed by atoms with E-state index in [0.29, 0.717) is 25.2 Å². The molecule has 3 rings (SSSR count). The van der Waals surface area contributed by atoms with Crippen LogP contribution in [0, 0.1) is 5.92 Å². The second-order valence-corrected chi connectivity index (χ2v) is 7.45. The van der Waals surface area contributed by atoms with Crippen LogP contribution in [0.4, 0.5) is 10.5 Å². The maximum absolute atomic E-state index is 12.6. The van der Waals surface area contributed by atoms with E-state index < -0.39 is 5.91 Å². The number of urea groups is 1. The van der Waals surface area contributed by atoms with Crippen molar-refractivity contribution < 1.29 is 14.7 Å². The number of nitrogens with one attached hydrogen (secondary N) is 1. The van der Waals surface area contributed by atoms with Crippen LogP contribution in [-0.4, -0.2) is 65.7 Å². The molecule has 0 aromatic heterocycles. The third-order valence-electron chi connectivity index (χ3n) is 5.03. The number of hydrogen-bond acceptors (Lipinski definition) is 4. The molecular weight excluding hydrogens is 356 g/mol. The van der Waals surface area contributed by atoms with Crippen molar-refractivity contribution in [1.29, 1.82) is 0 Å². The lowest BCUT2D eigenvalue weighted by Crippen LogP contribution is -2.56. The van der Waals surface area contributed by atoms with Gasteiger partial charge in [-0.1, -0.05) is 11.6 Å². The third kappa shape index (κ3) is 4.66. The number of primary amides is 1. The highest BCUT2D eigenvalue weighted by Crippen LogP contribution is 2.31. The van der Waals surface area contributed by atoms with Crippen LogP contribution in [0.25, 0.3) is 0 Å². The van der Waals surface area contributed by atoms with Gasteiger partial charge >= 0.3 is 6.03 Å². The predicted molar refractivity (Wildman–Crippen MR) is 100 cm³/mol. The Morgan fingerprint density at radius 1 is 1.31 bits per heavy atom. The van der Waals surface area contributed by atoms with Crippen LogP contribution in [-0.2, 0) is 0 Å². The summed E-state index contributed by atoms with van der Waals surface area (Å²) < 4.78 is 0. The molecule has 0 radical (unpaired) electrons. The number of rotatable bonds is 6. The first kappa shape index (κ1) is 18.9. The molecule has 0 bridgehead atoms. The lowest BCUT2D eigenvalue weighted by Gasteiger charge is -2.41. The van der Waals surface area contributed by atoms with E-state index in [1.54, 1.807) is 11.0 Å². The van der Waals surface area contributed by atoms with Gasteiger partial charge in [-0.05, 0) is 43.4 Å². The van der Waals surface area contributed by atoms with Gasteiger partial charge in [-0.25, -0.2) is 4.79 Å². The van der Waals surface area contributed by atoms with Crippen molar-refractivity contribution in [3.8, 4) is 0 Å². The number of nitrogens with zero attached hydrogens (tertiary/aromatic N) is 2. The van der Waals surface area contributed by atoms with Crippen LogP contribution >= 0.6 is 11.6 Å². The quantitative estimate of drug-likeness (QED) is 0.700. The number of piperazine rings is 1. The first-order valence-corrected chi connectivity index (χ1v) is 9.36. The highest BCUT2D eigenvalue weighted by molar-refractivity contribution is 6.34.